The quantitative estimate of drug-likeness (QED) is 0.665. The topological polar surface area (TPSA) is 81.7 Å². The minimum atomic E-state index is -0.423. The lowest BCUT2D eigenvalue weighted by atomic mass is 10.1. The molecular formula is C19H19NO5. The van der Waals surface area contributed by atoms with Crippen LogP contribution in [0, 0.1) is 0 Å². The molecule has 0 bridgehead atoms. The molecule has 0 saturated carbocycles. The first-order chi connectivity index (χ1) is 11.8. The Bertz CT molecular complexity index is 763. The predicted octanol–water partition coefficient (Wildman–Crippen LogP) is 3.43. The second kappa shape index (κ2) is 8.10. The Morgan fingerprint density at radius 3 is 1.96 bits per heavy atom. The predicted molar refractivity (Wildman–Crippen MR) is 92.7 cm³/mol. The lowest BCUT2D eigenvalue weighted by Crippen LogP contribution is -2.13. The summed E-state index contributed by atoms with van der Waals surface area (Å²) in [7, 11) is 0. The van der Waals surface area contributed by atoms with E-state index in [-0.39, 0.29) is 12.0 Å². The molecule has 1 N–H and O–H groups in total. The van der Waals surface area contributed by atoms with E-state index in [1.807, 2.05) is 0 Å². The largest absolute Gasteiger partial charge is 0.459 e. The van der Waals surface area contributed by atoms with E-state index in [9.17, 15) is 14.4 Å². The summed E-state index contributed by atoms with van der Waals surface area (Å²) in [6, 6.07) is 12.6. The van der Waals surface area contributed by atoms with Crippen LogP contribution in [0.4, 0.5) is 5.69 Å². The standard InChI is InChI=1S/C19H19NO5/c1-12(2)24-19(23)15-4-8-16(9-5-15)20-18(22)14-6-10-17(11-7-14)25-13(3)21/h4-12H,1-3H3,(H,20,22). The van der Waals surface area contributed by atoms with Gasteiger partial charge in [-0.3, -0.25) is 9.59 Å². The molecule has 2 aromatic carbocycles. The third-order valence-corrected chi connectivity index (χ3v) is 3.10. The van der Waals surface area contributed by atoms with Gasteiger partial charge in [0.15, 0.2) is 0 Å². The summed E-state index contributed by atoms with van der Waals surface area (Å²) in [4.78, 5) is 34.8. The van der Waals surface area contributed by atoms with Crippen LogP contribution in [0.1, 0.15) is 41.5 Å². The number of anilines is 1. The number of nitrogens with one attached hydrogen (secondary N) is 1. The number of carbonyl (C=O) groups excluding carboxylic acids is 3. The van der Waals surface area contributed by atoms with Crippen LogP contribution in [-0.4, -0.2) is 23.9 Å². The maximum Gasteiger partial charge on any atom is 0.338 e. The molecule has 0 aromatic heterocycles. The van der Waals surface area contributed by atoms with E-state index in [0.717, 1.165) is 0 Å². The van der Waals surface area contributed by atoms with Crippen LogP contribution >= 0.6 is 0 Å². The van der Waals surface area contributed by atoms with E-state index in [0.29, 0.717) is 22.6 Å². The molecule has 0 unspecified atom stereocenters. The van der Waals surface area contributed by atoms with Gasteiger partial charge in [-0.1, -0.05) is 0 Å². The van der Waals surface area contributed by atoms with Gasteiger partial charge in [0.05, 0.1) is 11.7 Å². The Kier molecular flexibility index (Phi) is 5.89. The van der Waals surface area contributed by atoms with E-state index in [2.05, 4.69) is 5.32 Å². The second-order valence-electron chi connectivity index (χ2n) is 5.60. The van der Waals surface area contributed by atoms with E-state index in [4.69, 9.17) is 9.47 Å². The van der Waals surface area contributed by atoms with E-state index < -0.39 is 11.9 Å². The van der Waals surface area contributed by atoms with Crippen molar-refractivity contribution in [3.05, 3.63) is 59.7 Å². The normalized spacial score (nSPS) is 10.2. The van der Waals surface area contributed by atoms with Crippen molar-refractivity contribution in [2.45, 2.75) is 26.9 Å². The van der Waals surface area contributed by atoms with Crippen LogP contribution in [0.15, 0.2) is 48.5 Å². The number of carbonyl (C=O) groups is 3. The van der Waals surface area contributed by atoms with Gasteiger partial charge in [-0.2, -0.15) is 0 Å². The fourth-order valence-electron chi connectivity index (χ4n) is 2.02. The lowest BCUT2D eigenvalue weighted by molar-refractivity contribution is -0.131. The smallest absolute Gasteiger partial charge is 0.338 e. The summed E-state index contributed by atoms with van der Waals surface area (Å²) >= 11 is 0. The maximum absolute atomic E-state index is 12.2. The van der Waals surface area contributed by atoms with E-state index in [1.54, 1.807) is 62.4 Å². The van der Waals surface area contributed by atoms with Crippen LogP contribution in [0.25, 0.3) is 0 Å². The summed E-state index contributed by atoms with van der Waals surface area (Å²) in [6.07, 6.45) is -0.193. The molecule has 0 aliphatic heterocycles. The average Bonchev–Trinajstić information content (AvgIpc) is 2.55. The Labute approximate surface area is 145 Å². The third-order valence-electron chi connectivity index (χ3n) is 3.10. The highest BCUT2D eigenvalue weighted by Crippen LogP contribution is 2.15. The Morgan fingerprint density at radius 2 is 1.44 bits per heavy atom. The summed E-state index contributed by atoms with van der Waals surface area (Å²) in [5.41, 5.74) is 1.38. The van der Waals surface area contributed by atoms with Crippen LogP contribution in [0.2, 0.25) is 0 Å². The third kappa shape index (κ3) is 5.46. The van der Waals surface area contributed by atoms with Crippen LogP contribution in [0.5, 0.6) is 5.75 Å². The SMILES string of the molecule is CC(=O)Oc1ccc(C(=O)Nc2ccc(C(=O)OC(C)C)cc2)cc1. The highest BCUT2D eigenvalue weighted by atomic mass is 16.5. The fraction of sp³-hybridized carbons (Fsp3) is 0.211. The molecule has 25 heavy (non-hydrogen) atoms. The van der Waals surface area contributed by atoms with Crippen LogP contribution in [0.3, 0.4) is 0 Å². The monoisotopic (exact) mass is 341 g/mol. The molecule has 2 rings (SSSR count). The van der Waals surface area contributed by atoms with E-state index in [1.165, 1.54) is 6.92 Å². The minimum absolute atomic E-state index is 0.193. The van der Waals surface area contributed by atoms with Gasteiger partial charge in [-0.15, -0.1) is 0 Å². The van der Waals surface area contributed by atoms with Crippen LogP contribution in [-0.2, 0) is 9.53 Å². The molecule has 6 nitrogen and oxygen atoms in total. The van der Waals surface area contributed by atoms with Crippen molar-refractivity contribution in [2.75, 3.05) is 5.32 Å². The summed E-state index contributed by atoms with van der Waals surface area (Å²) in [5.74, 6) is -0.772. The molecule has 2 aromatic rings. The molecule has 0 atom stereocenters. The molecule has 0 aliphatic carbocycles. The average molecular weight is 341 g/mol. The molecule has 0 fully saturated rings. The molecule has 130 valence electrons. The molecule has 1 amide bonds. The van der Waals surface area contributed by atoms with Crippen molar-refractivity contribution < 1.29 is 23.9 Å². The van der Waals surface area contributed by atoms with Gasteiger partial charge in [-0.25, -0.2) is 4.79 Å². The highest BCUT2D eigenvalue weighted by molar-refractivity contribution is 6.04. The van der Waals surface area contributed by atoms with Gasteiger partial charge >= 0.3 is 11.9 Å². The molecule has 6 heteroatoms. The number of ether oxygens (including phenoxy) is 2. The van der Waals surface area contributed by atoms with Gasteiger partial charge in [0.1, 0.15) is 5.75 Å². The maximum atomic E-state index is 12.2. The number of hydrogen-bond acceptors (Lipinski definition) is 5. The van der Waals surface area contributed by atoms with Crippen molar-refractivity contribution in [2.24, 2.45) is 0 Å². The van der Waals surface area contributed by atoms with Gasteiger partial charge in [-0.05, 0) is 62.4 Å². The molecular weight excluding hydrogens is 322 g/mol. The number of benzene rings is 2. The number of esters is 2. The Balaban J connectivity index is 2.00. The minimum Gasteiger partial charge on any atom is -0.459 e. The number of hydrogen-bond donors (Lipinski definition) is 1. The summed E-state index contributed by atoms with van der Waals surface area (Å²) in [6.45, 7) is 4.86. The summed E-state index contributed by atoms with van der Waals surface area (Å²) < 4.78 is 10.0. The zero-order chi connectivity index (χ0) is 18.4. The number of amides is 1. The van der Waals surface area contributed by atoms with Crippen molar-refractivity contribution in [1.29, 1.82) is 0 Å². The van der Waals surface area contributed by atoms with Crippen molar-refractivity contribution >= 4 is 23.5 Å². The zero-order valence-electron chi connectivity index (χ0n) is 14.2. The first kappa shape index (κ1) is 18.2. The molecule has 0 spiro atoms. The van der Waals surface area contributed by atoms with Gasteiger partial charge in [0, 0.05) is 18.2 Å². The zero-order valence-corrected chi connectivity index (χ0v) is 14.2. The second-order valence-corrected chi connectivity index (χ2v) is 5.60. The molecule has 0 saturated heterocycles. The van der Waals surface area contributed by atoms with Crippen LogP contribution < -0.4 is 10.1 Å². The van der Waals surface area contributed by atoms with Crippen molar-refractivity contribution in [3.8, 4) is 5.75 Å². The highest BCUT2D eigenvalue weighted by Gasteiger charge is 2.10. The van der Waals surface area contributed by atoms with Gasteiger partial charge in [0.25, 0.3) is 5.91 Å². The first-order valence-electron chi connectivity index (χ1n) is 7.76. The summed E-state index contributed by atoms with van der Waals surface area (Å²) in [5, 5.41) is 2.73. The van der Waals surface area contributed by atoms with Gasteiger partial charge in [0.2, 0.25) is 0 Å². The molecule has 0 aliphatic rings. The molecule has 0 heterocycles. The van der Waals surface area contributed by atoms with Gasteiger partial charge < -0.3 is 14.8 Å². The van der Waals surface area contributed by atoms with E-state index >= 15 is 0 Å². The Morgan fingerprint density at radius 1 is 0.880 bits per heavy atom. The first-order valence-corrected chi connectivity index (χ1v) is 7.76. The fourth-order valence-corrected chi connectivity index (χ4v) is 2.02. The van der Waals surface area contributed by atoms with Crippen molar-refractivity contribution in [1.82, 2.24) is 0 Å². The molecule has 0 radical (unpaired) electrons. The van der Waals surface area contributed by atoms with Crippen molar-refractivity contribution in [3.63, 3.8) is 0 Å². The Hall–Kier alpha value is -3.15. The number of rotatable bonds is 5. The lowest BCUT2D eigenvalue weighted by Gasteiger charge is -2.09.